The molecule has 1 aromatic rings. The number of hydrogen-bond donors (Lipinski definition) is 0. The Morgan fingerprint density at radius 1 is 1.20 bits per heavy atom. The third-order valence-corrected chi connectivity index (χ3v) is 6.48. The molecule has 1 aliphatic heterocycles. The normalized spacial score (nSPS) is 16.8. The number of amides is 1. The van der Waals surface area contributed by atoms with Crippen molar-refractivity contribution in [2.45, 2.75) is 33.1 Å². The quantitative estimate of drug-likeness (QED) is 0.800. The lowest BCUT2D eigenvalue weighted by atomic mass is 9.99. The van der Waals surface area contributed by atoms with Crippen LogP contribution < -0.4 is 4.74 Å². The fourth-order valence-corrected chi connectivity index (χ4v) is 4.19. The maximum Gasteiger partial charge on any atom is 0.253 e. The van der Waals surface area contributed by atoms with Crippen molar-refractivity contribution in [2.75, 3.05) is 39.0 Å². The highest BCUT2D eigenvalue weighted by molar-refractivity contribution is 7.89. The second kappa shape index (κ2) is 8.19. The van der Waals surface area contributed by atoms with Crippen LogP contribution >= 0.6 is 0 Å². The van der Waals surface area contributed by atoms with E-state index >= 15 is 0 Å². The summed E-state index contributed by atoms with van der Waals surface area (Å²) in [6.07, 6.45) is 0.651. The van der Waals surface area contributed by atoms with Gasteiger partial charge in [0.05, 0.1) is 12.9 Å². The molecule has 25 heavy (non-hydrogen) atoms. The molecule has 0 radical (unpaired) electrons. The van der Waals surface area contributed by atoms with Crippen molar-refractivity contribution in [1.29, 1.82) is 0 Å². The summed E-state index contributed by atoms with van der Waals surface area (Å²) in [5, 5.41) is 0. The minimum atomic E-state index is -3.21. The molecule has 0 saturated carbocycles. The number of benzene rings is 1. The smallest absolute Gasteiger partial charge is 0.253 e. The summed E-state index contributed by atoms with van der Waals surface area (Å²) < 4.78 is 31.0. The summed E-state index contributed by atoms with van der Waals surface area (Å²) in [6, 6.07) is 5.49. The number of carbonyl (C=O) groups is 1. The molecule has 1 aromatic carbocycles. The number of methoxy groups -OCH3 is 1. The fraction of sp³-hybridized carbons (Fsp3) is 0.611. The highest BCUT2D eigenvalue weighted by Crippen LogP contribution is 2.28. The zero-order chi connectivity index (χ0) is 18.6. The van der Waals surface area contributed by atoms with Crippen LogP contribution in [-0.4, -0.2) is 62.6 Å². The van der Waals surface area contributed by atoms with Gasteiger partial charge in [-0.15, -0.1) is 0 Å². The van der Waals surface area contributed by atoms with Crippen LogP contribution in [0.15, 0.2) is 18.2 Å². The topological polar surface area (TPSA) is 66.9 Å². The summed E-state index contributed by atoms with van der Waals surface area (Å²) in [5.74, 6) is 1.07. The lowest BCUT2D eigenvalue weighted by Crippen LogP contribution is -2.38. The number of sulfonamides is 1. The largest absolute Gasteiger partial charge is 0.496 e. The summed E-state index contributed by atoms with van der Waals surface area (Å²) >= 11 is 0. The molecule has 1 fully saturated rings. The lowest BCUT2D eigenvalue weighted by Gasteiger charge is -2.22. The van der Waals surface area contributed by atoms with E-state index in [-0.39, 0.29) is 17.6 Å². The van der Waals surface area contributed by atoms with Gasteiger partial charge in [0.25, 0.3) is 5.91 Å². The Bertz CT molecular complexity index is 716. The Hall–Kier alpha value is -1.60. The first-order valence-electron chi connectivity index (χ1n) is 8.75. The summed E-state index contributed by atoms with van der Waals surface area (Å²) in [4.78, 5) is 14.6. The molecule has 6 nitrogen and oxygen atoms in total. The van der Waals surface area contributed by atoms with Crippen LogP contribution in [-0.2, 0) is 10.0 Å². The molecule has 140 valence electrons. The molecule has 1 amide bonds. The van der Waals surface area contributed by atoms with Gasteiger partial charge in [-0.3, -0.25) is 4.79 Å². The summed E-state index contributed by atoms with van der Waals surface area (Å²) in [5.41, 5.74) is 1.62. The number of ether oxygens (including phenoxy) is 1. The molecule has 0 aromatic heterocycles. The van der Waals surface area contributed by atoms with E-state index < -0.39 is 10.0 Å². The van der Waals surface area contributed by atoms with Crippen LogP contribution in [0.2, 0.25) is 0 Å². The Morgan fingerprint density at radius 2 is 1.92 bits per heavy atom. The molecule has 0 unspecified atom stereocenters. The van der Waals surface area contributed by atoms with Gasteiger partial charge in [0.15, 0.2) is 0 Å². The van der Waals surface area contributed by atoms with E-state index in [4.69, 9.17) is 4.74 Å². The van der Waals surface area contributed by atoms with E-state index in [1.807, 2.05) is 12.1 Å². The van der Waals surface area contributed by atoms with E-state index in [1.165, 1.54) is 4.31 Å². The summed E-state index contributed by atoms with van der Waals surface area (Å²) in [6.45, 7) is 7.58. The molecule has 0 atom stereocenters. The summed E-state index contributed by atoms with van der Waals surface area (Å²) in [7, 11) is -1.58. The lowest BCUT2D eigenvalue weighted by molar-refractivity contribution is 0.0764. The molecule has 0 N–H and O–H groups in total. The van der Waals surface area contributed by atoms with Crippen molar-refractivity contribution in [3.05, 3.63) is 29.3 Å². The van der Waals surface area contributed by atoms with Gasteiger partial charge >= 0.3 is 0 Å². The van der Waals surface area contributed by atoms with E-state index in [0.717, 1.165) is 11.3 Å². The standard InChI is InChI=1S/C18H28N2O4S/c1-5-25(22,23)20-10-6-9-19(11-12-20)18(21)15-7-8-17(24-4)16(13-15)14(2)3/h7-8,13-14H,5-6,9-12H2,1-4H3. The van der Waals surface area contributed by atoms with Gasteiger partial charge < -0.3 is 9.64 Å². The van der Waals surface area contributed by atoms with E-state index in [9.17, 15) is 13.2 Å². The van der Waals surface area contributed by atoms with Crippen molar-refractivity contribution < 1.29 is 17.9 Å². The molecular formula is C18H28N2O4S. The molecule has 0 aliphatic carbocycles. The van der Waals surface area contributed by atoms with Gasteiger partial charge in [-0.25, -0.2) is 12.7 Å². The van der Waals surface area contributed by atoms with Gasteiger partial charge in [-0.2, -0.15) is 0 Å². The molecule has 0 spiro atoms. The van der Waals surface area contributed by atoms with Crippen LogP contribution in [0, 0.1) is 0 Å². The SMILES string of the molecule is CCS(=O)(=O)N1CCCN(C(=O)c2ccc(OC)c(C(C)C)c2)CC1. The number of carbonyl (C=O) groups excluding carboxylic acids is 1. The molecule has 7 heteroatoms. The molecule has 1 aliphatic rings. The molecule has 1 heterocycles. The average Bonchev–Trinajstić information content (AvgIpc) is 2.87. The zero-order valence-electron chi connectivity index (χ0n) is 15.5. The Labute approximate surface area is 150 Å². The maximum atomic E-state index is 12.9. The van der Waals surface area contributed by atoms with Crippen LogP contribution in [0.5, 0.6) is 5.75 Å². The van der Waals surface area contributed by atoms with Crippen molar-refractivity contribution >= 4 is 15.9 Å². The minimum Gasteiger partial charge on any atom is -0.496 e. The first-order chi connectivity index (χ1) is 11.8. The molecular weight excluding hydrogens is 340 g/mol. The van der Waals surface area contributed by atoms with Crippen LogP contribution in [0.1, 0.15) is 49.0 Å². The Morgan fingerprint density at radius 3 is 2.52 bits per heavy atom. The van der Waals surface area contributed by atoms with E-state index in [0.29, 0.717) is 38.2 Å². The second-order valence-corrected chi connectivity index (χ2v) is 8.81. The van der Waals surface area contributed by atoms with Gasteiger partial charge in [-0.1, -0.05) is 13.8 Å². The van der Waals surface area contributed by atoms with Crippen LogP contribution in [0.4, 0.5) is 0 Å². The van der Waals surface area contributed by atoms with Crippen molar-refractivity contribution in [2.24, 2.45) is 0 Å². The highest BCUT2D eigenvalue weighted by Gasteiger charge is 2.26. The maximum absolute atomic E-state index is 12.9. The predicted octanol–water partition coefficient (Wildman–Crippen LogP) is 2.32. The van der Waals surface area contributed by atoms with Crippen LogP contribution in [0.3, 0.4) is 0 Å². The molecule has 1 saturated heterocycles. The third kappa shape index (κ3) is 4.52. The Balaban J connectivity index is 2.17. The van der Waals surface area contributed by atoms with Gasteiger partial charge in [0.2, 0.25) is 10.0 Å². The average molecular weight is 368 g/mol. The van der Waals surface area contributed by atoms with Crippen molar-refractivity contribution in [3.63, 3.8) is 0 Å². The van der Waals surface area contributed by atoms with Gasteiger partial charge in [0, 0.05) is 31.7 Å². The number of hydrogen-bond acceptors (Lipinski definition) is 4. The van der Waals surface area contributed by atoms with Gasteiger partial charge in [0.1, 0.15) is 5.75 Å². The number of nitrogens with zero attached hydrogens (tertiary/aromatic N) is 2. The fourth-order valence-electron chi connectivity index (χ4n) is 3.06. The third-order valence-electron chi connectivity index (χ3n) is 4.60. The Kier molecular flexibility index (Phi) is 6.46. The van der Waals surface area contributed by atoms with Gasteiger partial charge in [-0.05, 0) is 43.0 Å². The predicted molar refractivity (Wildman–Crippen MR) is 98.6 cm³/mol. The number of rotatable bonds is 5. The zero-order valence-corrected chi connectivity index (χ0v) is 16.3. The highest BCUT2D eigenvalue weighted by atomic mass is 32.2. The first kappa shape index (κ1) is 19.7. The second-order valence-electron chi connectivity index (χ2n) is 6.56. The van der Waals surface area contributed by atoms with Crippen molar-refractivity contribution in [1.82, 2.24) is 9.21 Å². The van der Waals surface area contributed by atoms with E-state index in [2.05, 4.69) is 13.8 Å². The van der Waals surface area contributed by atoms with Crippen LogP contribution in [0.25, 0.3) is 0 Å². The van der Waals surface area contributed by atoms with Crippen molar-refractivity contribution in [3.8, 4) is 5.75 Å². The minimum absolute atomic E-state index is 0.0553. The first-order valence-corrected chi connectivity index (χ1v) is 10.4. The molecule has 0 bridgehead atoms. The monoisotopic (exact) mass is 368 g/mol. The van der Waals surface area contributed by atoms with E-state index in [1.54, 1.807) is 25.0 Å². The molecule has 2 rings (SSSR count).